The molecular weight excluding hydrogens is 338 g/mol. The minimum absolute atomic E-state index is 0.0555. The predicted octanol–water partition coefficient (Wildman–Crippen LogP) is 3.26. The molecule has 0 saturated heterocycles. The van der Waals surface area contributed by atoms with Gasteiger partial charge < -0.3 is 9.64 Å². The summed E-state index contributed by atoms with van der Waals surface area (Å²) in [4.78, 5) is 30.5. The highest BCUT2D eigenvalue weighted by Gasteiger charge is 2.20. The smallest absolute Gasteiger partial charge is 0.410 e. The molecule has 0 spiro atoms. The minimum atomic E-state index is -0.556. The van der Waals surface area contributed by atoms with E-state index < -0.39 is 6.09 Å². The largest absolute Gasteiger partial charge is 0.426 e. The lowest BCUT2D eigenvalue weighted by Gasteiger charge is -2.10. The molecule has 128 valence electrons. The lowest BCUT2D eigenvalue weighted by Crippen LogP contribution is -2.24. The first-order valence-electron chi connectivity index (χ1n) is 7.64. The number of hydrogen-bond donors (Lipinski definition) is 0. The van der Waals surface area contributed by atoms with Gasteiger partial charge in [-0.3, -0.25) is 4.79 Å². The van der Waals surface area contributed by atoms with Gasteiger partial charge in [-0.25, -0.2) is 14.3 Å². The second-order valence-corrected chi connectivity index (χ2v) is 6.42. The van der Waals surface area contributed by atoms with Gasteiger partial charge in [0, 0.05) is 14.1 Å². The highest BCUT2D eigenvalue weighted by Crippen LogP contribution is 2.25. The Morgan fingerprint density at radius 1 is 1.08 bits per heavy atom. The SMILES string of the molecule is CN(C)C(=O)CSc1nc2ccccc2n1C(=O)Oc1ccccc1. The van der Waals surface area contributed by atoms with Gasteiger partial charge in [0.15, 0.2) is 5.16 Å². The van der Waals surface area contributed by atoms with E-state index in [0.717, 1.165) is 0 Å². The molecule has 0 saturated carbocycles. The van der Waals surface area contributed by atoms with E-state index >= 15 is 0 Å². The van der Waals surface area contributed by atoms with Crippen molar-refractivity contribution >= 4 is 34.8 Å². The summed E-state index contributed by atoms with van der Waals surface area (Å²) in [6.07, 6.45) is -0.556. The normalized spacial score (nSPS) is 10.6. The molecule has 0 aliphatic rings. The Labute approximate surface area is 149 Å². The zero-order valence-corrected chi connectivity index (χ0v) is 14.7. The molecule has 1 amide bonds. The highest BCUT2D eigenvalue weighted by molar-refractivity contribution is 7.99. The number of benzene rings is 2. The van der Waals surface area contributed by atoms with Crippen LogP contribution in [0.15, 0.2) is 59.8 Å². The molecule has 0 unspecified atom stereocenters. The first-order valence-corrected chi connectivity index (χ1v) is 8.62. The Kier molecular flexibility index (Phi) is 5.04. The molecule has 3 aromatic rings. The number of carbonyl (C=O) groups excluding carboxylic acids is 2. The fraction of sp³-hybridized carbons (Fsp3) is 0.167. The van der Waals surface area contributed by atoms with Crippen molar-refractivity contribution in [2.75, 3.05) is 19.8 Å². The summed E-state index contributed by atoms with van der Waals surface area (Å²) in [6, 6.07) is 16.1. The summed E-state index contributed by atoms with van der Waals surface area (Å²) >= 11 is 1.21. The number of amides is 1. The molecule has 1 heterocycles. The van der Waals surface area contributed by atoms with E-state index in [2.05, 4.69) is 4.98 Å². The van der Waals surface area contributed by atoms with Crippen LogP contribution in [0.3, 0.4) is 0 Å². The molecule has 6 nitrogen and oxygen atoms in total. The maximum absolute atomic E-state index is 12.7. The lowest BCUT2D eigenvalue weighted by atomic mass is 10.3. The molecule has 0 N–H and O–H groups in total. The number of ether oxygens (including phenoxy) is 1. The van der Waals surface area contributed by atoms with Crippen molar-refractivity contribution in [1.82, 2.24) is 14.5 Å². The number of aromatic nitrogens is 2. The number of imidazole rings is 1. The number of carbonyl (C=O) groups is 2. The summed E-state index contributed by atoms with van der Waals surface area (Å²) in [7, 11) is 3.38. The molecule has 0 aliphatic heterocycles. The fourth-order valence-corrected chi connectivity index (χ4v) is 3.14. The maximum atomic E-state index is 12.7. The van der Waals surface area contributed by atoms with Crippen LogP contribution in [0.2, 0.25) is 0 Å². The van der Waals surface area contributed by atoms with Crippen molar-refractivity contribution < 1.29 is 14.3 Å². The van der Waals surface area contributed by atoms with Gasteiger partial charge in [0.1, 0.15) is 5.75 Å². The topological polar surface area (TPSA) is 64.4 Å². The van der Waals surface area contributed by atoms with Gasteiger partial charge in [0.25, 0.3) is 0 Å². The number of hydrogen-bond acceptors (Lipinski definition) is 5. The van der Waals surface area contributed by atoms with Crippen LogP contribution in [0.5, 0.6) is 5.75 Å². The second kappa shape index (κ2) is 7.40. The first-order chi connectivity index (χ1) is 12.1. The first kappa shape index (κ1) is 17.0. The third-order valence-corrected chi connectivity index (χ3v) is 4.41. The van der Waals surface area contributed by atoms with Crippen LogP contribution in [0.1, 0.15) is 0 Å². The molecule has 0 aliphatic carbocycles. The molecule has 0 atom stereocenters. The predicted molar refractivity (Wildman–Crippen MR) is 97.0 cm³/mol. The molecular formula is C18H17N3O3S. The van der Waals surface area contributed by atoms with E-state index in [0.29, 0.717) is 21.9 Å². The zero-order chi connectivity index (χ0) is 17.8. The number of rotatable bonds is 4. The molecule has 3 rings (SSSR count). The number of para-hydroxylation sites is 3. The molecule has 2 aromatic carbocycles. The average Bonchev–Trinajstić information content (AvgIpc) is 2.98. The van der Waals surface area contributed by atoms with E-state index in [1.165, 1.54) is 21.2 Å². The highest BCUT2D eigenvalue weighted by atomic mass is 32.2. The van der Waals surface area contributed by atoms with E-state index in [4.69, 9.17) is 4.74 Å². The lowest BCUT2D eigenvalue weighted by molar-refractivity contribution is -0.125. The van der Waals surface area contributed by atoms with Crippen LogP contribution in [-0.2, 0) is 4.79 Å². The summed E-state index contributed by atoms with van der Waals surface area (Å²) in [6.45, 7) is 0. The van der Waals surface area contributed by atoms with Crippen molar-refractivity contribution in [1.29, 1.82) is 0 Å². The third-order valence-electron chi connectivity index (χ3n) is 3.48. The molecule has 25 heavy (non-hydrogen) atoms. The van der Waals surface area contributed by atoms with Crippen molar-refractivity contribution in [2.45, 2.75) is 5.16 Å². The van der Waals surface area contributed by atoms with Crippen molar-refractivity contribution in [3.05, 3.63) is 54.6 Å². The van der Waals surface area contributed by atoms with E-state index in [-0.39, 0.29) is 11.7 Å². The van der Waals surface area contributed by atoms with E-state index in [1.807, 2.05) is 24.3 Å². The quantitative estimate of drug-likeness (QED) is 0.672. The van der Waals surface area contributed by atoms with Crippen LogP contribution in [0.4, 0.5) is 4.79 Å². The van der Waals surface area contributed by atoms with E-state index in [9.17, 15) is 9.59 Å². The standard InChI is InChI=1S/C18H17N3O3S/c1-20(2)16(22)12-25-17-19-14-10-6-7-11-15(14)21(17)18(23)24-13-8-4-3-5-9-13/h3-11H,12H2,1-2H3. The third kappa shape index (κ3) is 3.83. The van der Waals surface area contributed by atoms with Crippen LogP contribution in [0, 0.1) is 0 Å². The summed E-state index contributed by atoms with van der Waals surface area (Å²) in [5, 5.41) is 0.428. The summed E-state index contributed by atoms with van der Waals surface area (Å²) < 4.78 is 6.84. The van der Waals surface area contributed by atoms with Crippen molar-refractivity contribution in [3.63, 3.8) is 0 Å². The van der Waals surface area contributed by atoms with Gasteiger partial charge in [0.2, 0.25) is 5.91 Å². The molecule has 0 radical (unpaired) electrons. The minimum Gasteiger partial charge on any atom is -0.410 e. The Bertz CT molecular complexity index is 906. The fourth-order valence-electron chi connectivity index (χ4n) is 2.17. The van der Waals surface area contributed by atoms with Gasteiger partial charge in [-0.15, -0.1) is 0 Å². The monoisotopic (exact) mass is 355 g/mol. The average molecular weight is 355 g/mol. The number of thioether (sulfide) groups is 1. The van der Waals surface area contributed by atoms with Gasteiger partial charge in [-0.1, -0.05) is 42.1 Å². The van der Waals surface area contributed by atoms with Crippen LogP contribution >= 0.6 is 11.8 Å². The number of nitrogens with zero attached hydrogens (tertiary/aromatic N) is 3. The van der Waals surface area contributed by atoms with Crippen molar-refractivity contribution in [2.24, 2.45) is 0 Å². The van der Waals surface area contributed by atoms with E-state index in [1.54, 1.807) is 44.4 Å². The summed E-state index contributed by atoms with van der Waals surface area (Å²) in [5.41, 5.74) is 1.32. The number of fused-ring (bicyclic) bond motifs is 1. The maximum Gasteiger partial charge on any atom is 0.426 e. The van der Waals surface area contributed by atoms with Gasteiger partial charge in [-0.2, -0.15) is 0 Å². The summed E-state index contributed by atoms with van der Waals surface area (Å²) in [5.74, 6) is 0.584. The van der Waals surface area contributed by atoms with Gasteiger partial charge in [0.05, 0.1) is 16.8 Å². The van der Waals surface area contributed by atoms with Crippen molar-refractivity contribution in [3.8, 4) is 5.75 Å². The second-order valence-electron chi connectivity index (χ2n) is 5.48. The Hall–Kier alpha value is -2.80. The molecule has 7 heteroatoms. The van der Waals surface area contributed by atoms with Crippen LogP contribution in [-0.4, -0.2) is 46.3 Å². The van der Waals surface area contributed by atoms with Gasteiger partial charge in [-0.05, 0) is 24.3 Å². The Morgan fingerprint density at radius 2 is 1.76 bits per heavy atom. The molecule has 1 aromatic heterocycles. The Balaban J connectivity index is 1.92. The molecule has 0 bridgehead atoms. The van der Waals surface area contributed by atoms with Crippen LogP contribution < -0.4 is 4.74 Å². The van der Waals surface area contributed by atoms with Gasteiger partial charge >= 0.3 is 6.09 Å². The zero-order valence-electron chi connectivity index (χ0n) is 13.9. The van der Waals surface area contributed by atoms with Crippen LogP contribution in [0.25, 0.3) is 11.0 Å². The molecule has 0 fully saturated rings. The Morgan fingerprint density at radius 3 is 2.48 bits per heavy atom.